The quantitative estimate of drug-likeness (QED) is 0.0444. The summed E-state index contributed by atoms with van der Waals surface area (Å²) in [6.07, 6.45) is 3.21. The average Bonchev–Trinajstić information content (AvgIpc) is 4.06. The Morgan fingerprint density at radius 2 is 1.07 bits per heavy atom. The molecule has 0 aliphatic carbocycles. The zero-order chi connectivity index (χ0) is 49.9. The van der Waals surface area contributed by atoms with Crippen LogP contribution in [-0.4, -0.2) is 153 Å². The number of likely N-dealkylation sites (N-methyl/N-ethyl adjacent to an activating group) is 2. The van der Waals surface area contributed by atoms with Gasteiger partial charge in [-0.1, -0.05) is 12.1 Å². The molecule has 0 amide bonds. The fraction of sp³-hybridized carbons (Fsp3) is 0.261. The van der Waals surface area contributed by atoms with Gasteiger partial charge in [0.05, 0.1) is 49.0 Å². The number of nitrogens with two attached hydrogens (primary N) is 1. The van der Waals surface area contributed by atoms with Crippen molar-refractivity contribution in [1.82, 2.24) is 49.0 Å². The molecule has 4 aromatic carbocycles. The summed E-state index contributed by atoms with van der Waals surface area (Å²) in [4.78, 5) is 38.0. The Labute approximate surface area is 426 Å². The molecule has 22 nitrogen and oxygen atoms in total. The van der Waals surface area contributed by atoms with E-state index < -0.39 is 23.8 Å². The second kappa shape index (κ2) is 23.7. The first-order valence-corrected chi connectivity index (χ1v) is 29.4. The van der Waals surface area contributed by atoms with Crippen LogP contribution in [0, 0.1) is 10.1 Å². The predicted molar refractivity (Wildman–Crippen MR) is 275 cm³/mol. The van der Waals surface area contributed by atoms with Crippen LogP contribution in [0.4, 0.5) is 46.0 Å². The van der Waals surface area contributed by atoms with Crippen molar-refractivity contribution in [2.24, 2.45) is 0 Å². The molecule has 4 aromatic heterocycles. The van der Waals surface area contributed by atoms with Gasteiger partial charge in [0.2, 0.25) is 11.9 Å². The molecule has 0 saturated carbocycles. The number of halogens is 2. The molecular weight excluding hydrogens is 1060 g/mol. The summed E-state index contributed by atoms with van der Waals surface area (Å²) >= 11 is -0.826. The number of nitrogens with one attached hydrogen (secondary N) is 2. The molecule has 8 aromatic rings. The van der Waals surface area contributed by atoms with Crippen molar-refractivity contribution in [2.75, 3.05) is 107 Å². The molecule has 2 aliphatic heterocycles. The number of nitro benzene ring substituents is 1. The summed E-state index contributed by atoms with van der Waals surface area (Å²) < 4.78 is 26.1. The van der Waals surface area contributed by atoms with Crippen LogP contribution in [0.25, 0.3) is 11.3 Å². The molecule has 368 valence electrons. The van der Waals surface area contributed by atoms with Gasteiger partial charge < -0.3 is 54.9 Å². The maximum absolute atomic E-state index is 11.1. The van der Waals surface area contributed by atoms with E-state index in [1.165, 1.54) is 21.2 Å². The van der Waals surface area contributed by atoms with Crippen molar-refractivity contribution in [2.45, 2.75) is 0 Å². The van der Waals surface area contributed by atoms with Crippen LogP contribution in [0.15, 0.2) is 109 Å². The topological polar surface area (TPSA) is 229 Å². The Hall–Kier alpha value is -7.12. The molecule has 0 bridgehead atoms. The molecule has 0 unspecified atom stereocenters. The van der Waals surface area contributed by atoms with Crippen molar-refractivity contribution < 1.29 is 23.9 Å². The second-order valence-electron chi connectivity index (χ2n) is 16.1. The number of non-ortho nitro benzene ring substituents is 1. The van der Waals surface area contributed by atoms with Crippen molar-refractivity contribution in [3.63, 3.8) is 0 Å². The van der Waals surface area contributed by atoms with E-state index >= 15 is 0 Å². The van der Waals surface area contributed by atoms with Crippen LogP contribution in [0.1, 0.15) is 0 Å². The number of benzene rings is 4. The number of nitrogens with zero attached hydrogens (tertiary/aromatic N) is 13. The third kappa shape index (κ3) is 12.8. The Morgan fingerprint density at radius 3 is 1.51 bits per heavy atom. The number of anilines is 7. The number of nitro groups is 1. The average molecular weight is 1110 g/mol. The van der Waals surface area contributed by atoms with Gasteiger partial charge in [-0.3, -0.25) is 10.1 Å². The van der Waals surface area contributed by atoms with Crippen LogP contribution in [-0.2, 0) is 0 Å². The Morgan fingerprint density at radius 1 is 0.620 bits per heavy atom. The van der Waals surface area contributed by atoms with Crippen LogP contribution >= 0.6 is 17.8 Å². The molecule has 0 spiro atoms. The van der Waals surface area contributed by atoms with E-state index in [9.17, 15) is 10.1 Å². The Bertz CT molecular complexity index is 3080. The molecule has 2 radical (unpaired) electrons. The van der Waals surface area contributed by atoms with Crippen LogP contribution in [0.5, 0.6) is 35.0 Å². The summed E-state index contributed by atoms with van der Waals surface area (Å²) in [5.41, 5.74) is 11.1. The number of aromatic nitrogens is 8. The monoisotopic (exact) mass is 1110 g/mol. The third-order valence-electron chi connectivity index (χ3n) is 11.4. The number of methoxy groups -OCH3 is 2. The third-order valence-corrected chi connectivity index (χ3v) is 11.4. The van der Waals surface area contributed by atoms with E-state index in [4.69, 9.17) is 42.5 Å². The van der Waals surface area contributed by atoms with Gasteiger partial charge in [0.25, 0.3) is 5.69 Å². The molecule has 71 heavy (non-hydrogen) atoms. The minimum absolute atomic E-state index is 0.0863. The first kappa shape index (κ1) is 50.3. The van der Waals surface area contributed by atoms with E-state index in [-0.39, 0.29) is 29.4 Å². The molecule has 2 aliphatic rings. The minimum atomic E-state index is -0.826. The first-order chi connectivity index (χ1) is 34.5. The number of hydrogen-bond donors (Lipinski definition) is 3. The molecule has 4 N–H and O–H groups in total. The zero-order valence-electron chi connectivity index (χ0n) is 39.1. The number of nitrogen functional groups attached to an aromatic ring is 1. The number of hydrogen-bond acceptors (Lipinski definition) is 19. The Balaban J connectivity index is 0.000000181. The predicted octanol–water partition coefficient (Wildman–Crippen LogP) is 7.33. The molecular formula is C46H50Cl2N16O6Sn. The number of ether oxygens (including phenoxy) is 4. The van der Waals surface area contributed by atoms with E-state index in [2.05, 4.69) is 80.5 Å². The van der Waals surface area contributed by atoms with Crippen LogP contribution in [0.2, 0.25) is 0 Å². The molecule has 6 heterocycles. The van der Waals surface area contributed by atoms with Crippen molar-refractivity contribution in [3.8, 4) is 35.0 Å². The van der Waals surface area contributed by atoms with E-state index in [1.54, 1.807) is 69.1 Å². The Kier molecular flexibility index (Phi) is 16.8. The van der Waals surface area contributed by atoms with Gasteiger partial charge in [-0.2, -0.15) is 39.2 Å². The number of fused-ring (bicyclic) bond motifs is 2. The van der Waals surface area contributed by atoms with Crippen LogP contribution in [0.3, 0.4) is 0 Å². The molecule has 2 saturated heterocycles. The first-order valence-electron chi connectivity index (χ1n) is 22.1. The summed E-state index contributed by atoms with van der Waals surface area (Å²) in [5, 5.41) is 26.0. The van der Waals surface area contributed by atoms with Gasteiger partial charge in [-0.05, 0) is 56.6 Å². The van der Waals surface area contributed by atoms with Crippen molar-refractivity contribution >= 4 is 94.0 Å². The summed E-state index contributed by atoms with van der Waals surface area (Å²) in [5.74, 6) is 2.82. The molecule has 2 fully saturated rings. The van der Waals surface area contributed by atoms with E-state index in [0.717, 1.165) is 69.4 Å². The van der Waals surface area contributed by atoms with Gasteiger partial charge in [0, 0.05) is 106 Å². The summed E-state index contributed by atoms with van der Waals surface area (Å²) in [7, 11) is 17.4. The fourth-order valence-corrected chi connectivity index (χ4v) is 7.62. The van der Waals surface area contributed by atoms with Gasteiger partial charge in [0.15, 0.2) is 11.3 Å². The van der Waals surface area contributed by atoms with Gasteiger partial charge in [-0.15, -0.1) is 0 Å². The SMILES string of the molecule is COc1cc(N2CCN(C)CC2)ccc1Nc1nc(Oc2cccc(N)c2)n2nccc2n1.COc1cc(N2CCN(C)CC2)ccc1Nc1nc(Oc2cccc([N+](=O)[O-])c2)n2nccc2n1.[Cl][Sn][Cl]. The zero-order valence-corrected chi connectivity index (χ0v) is 43.5. The van der Waals surface area contributed by atoms with Crippen molar-refractivity contribution in [1.29, 1.82) is 0 Å². The number of piperazine rings is 2. The molecule has 0 atom stereocenters. The van der Waals surface area contributed by atoms with Crippen LogP contribution < -0.4 is 45.1 Å². The fourth-order valence-electron chi connectivity index (χ4n) is 7.62. The van der Waals surface area contributed by atoms with Gasteiger partial charge in [-0.25, -0.2) is 0 Å². The molecule has 25 heteroatoms. The van der Waals surface area contributed by atoms with Gasteiger partial charge >= 0.3 is 48.8 Å². The summed E-state index contributed by atoms with van der Waals surface area (Å²) in [6.45, 7) is 7.96. The summed E-state index contributed by atoms with van der Waals surface area (Å²) in [6, 6.07) is 28.9. The maximum atomic E-state index is 11.1. The van der Waals surface area contributed by atoms with Crippen molar-refractivity contribution in [3.05, 3.63) is 120 Å². The number of rotatable bonds is 13. The second-order valence-corrected chi connectivity index (χ2v) is 20.3. The standard InChI is InChI=1S/C23H24N8O4.C23H26N8O2.2ClH.Sn/c1-28-10-12-29(13-11-28)16-6-7-19(20(15-16)34-2)25-22-26-21-8-9-24-30(21)23(27-22)35-18-5-3-4-17(14-18)31(32)33;1-29-10-12-30(13-11-29)17-6-7-19(20(15-17)32-2)26-22-27-21-8-9-25-31(21)23(28-22)33-18-5-3-4-16(24)14-18;;;/h3-9,14-15H,10-13H2,1-2H3,(H,25,26);3-9,14-15H,10-13,24H2,1-2H3,(H,26,27);2*1H;/q;;;;+2/p-2. The van der Waals surface area contributed by atoms with Gasteiger partial charge in [0.1, 0.15) is 23.0 Å². The molecule has 10 rings (SSSR count). The van der Waals surface area contributed by atoms with E-state index in [1.807, 2.05) is 36.4 Å². The normalized spacial score (nSPS) is 13.9. The van der Waals surface area contributed by atoms with E-state index in [0.29, 0.717) is 45.9 Å².